The Bertz CT molecular complexity index is 2530. The van der Waals surface area contributed by atoms with Crippen LogP contribution in [-0.4, -0.2) is 275 Å². The molecule has 648 valence electrons. The molecular formula is C74H148Cl4N4O23Si4-2. The van der Waals surface area contributed by atoms with Crippen LogP contribution in [0, 0.1) is 34.0 Å². The summed E-state index contributed by atoms with van der Waals surface area (Å²) in [5.74, 6) is -3.61. The molecule has 0 spiro atoms. The summed E-state index contributed by atoms with van der Waals surface area (Å²) >= 11 is 0. The van der Waals surface area contributed by atoms with E-state index in [4.69, 9.17) is 64.1 Å². The third-order valence-corrected chi connectivity index (χ3v) is 30.0. The Kier molecular flexibility index (Phi) is 73.1. The minimum absolute atomic E-state index is 0. The van der Waals surface area contributed by atoms with Crippen LogP contribution < -0.4 is 37.2 Å². The van der Waals surface area contributed by atoms with Crippen molar-refractivity contribution in [1.29, 1.82) is 0 Å². The number of rotatable bonds is 54. The molecule has 0 aliphatic rings. The van der Waals surface area contributed by atoms with Gasteiger partial charge in [0.1, 0.15) is 26.8 Å². The molecule has 0 aromatic rings. The maximum absolute atomic E-state index is 13.1. The molecule has 0 bridgehead atoms. The summed E-state index contributed by atoms with van der Waals surface area (Å²) in [5.41, 5.74) is -2.05. The van der Waals surface area contributed by atoms with E-state index in [0.29, 0.717) is 114 Å². The number of nitrogens with zero attached hydrogens (tertiary/aromatic N) is 4. The molecule has 0 saturated carbocycles. The van der Waals surface area contributed by atoms with E-state index < -0.39 is 56.5 Å². The molecule has 0 rings (SSSR count). The van der Waals surface area contributed by atoms with E-state index in [9.17, 15) is 43.2 Å². The summed E-state index contributed by atoms with van der Waals surface area (Å²) in [6.07, 6.45) is 8.45. The number of carbonyl (C=O) groups is 8. The van der Waals surface area contributed by atoms with Crippen LogP contribution in [0.1, 0.15) is 154 Å². The maximum atomic E-state index is 13.1. The van der Waals surface area contributed by atoms with Gasteiger partial charge in [0.15, 0.2) is 29.5 Å². The molecule has 27 nitrogen and oxygen atoms in total. The number of halogens is 4. The molecule has 0 heterocycles. The van der Waals surface area contributed by atoms with E-state index in [0.717, 1.165) is 45.2 Å². The highest BCUT2D eigenvalue weighted by Crippen LogP contribution is 2.33. The summed E-state index contributed by atoms with van der Waals surface area (Å²) < 4.78 is 77.2. The van der Waals surface area contributed by atoms with Gasteiger partial charge in [-0.1, -0.05) is 47.8 Å². The number of carbonyl (C=O) groups excluding carboxylic acids is 8. The lowest BCUT2D eigenvalue weighted by Gasteiger charge is -2.34. The summed E-state index contributed by atoms with van der Waals surface area (Å²) in [4.78, 5) is 114. The average molecular weight is 1720 g/mol. The zero-order valence-electron chi connectivity index (χ0n) is 71.9. The van der Waals surface area contributed by atoms with E-state index in [-0.39, 0.29) is 136 Å². The number of ether oxygens (including phenoxy) is 8. The zero-order chi connectivity index (χ0) is 81.9. The van der Waals surface area contributed by atoms with Gasteiger partial charge in [-0.25, -0.2) is 14.2 Å². The van der Waals surface area contributed by atoms with Crippen molar-refractivity contribution in [3.8, 4) is 0 Å². The summed E-state index contributed by atoms with van der Waals surface area (Å²) in [5, 5.41) is 0. The number of esters is 8. The smallest absolute Gasteiger partial charge is 0.500 e. The second kappa shape index (κ2) is 65.8. The average Bonchev–Trinajstić information content (AvgIpc) is 0.875. The molecular weight excluding hydrogens is 1570 g/mol. The second-order valence-corrected chi connectivity index (χ2v) is 44.2. The fraction of sp³-hybridized carbons (Fsp3) is 0.824. The molecule has 0 aromatic carbocycles. The molecule has 1 N–H and O–H groups in total. The van der Waals surface area contributed by atoms with Crippen LogP contribution in [0.4, 0.5) is 0 Å². The SMILES string of the molecule is C=C(C)C(=O)OCCC[Si](O)(OC)OC.C=CC(=O)OCCN(C)CC.CCC(CC(C)(C)C(=O)OCCC[Si](C)(C)O[Si](C)(C)CCOC(=O)C(C)(C)CC(CC)C(=O)OCCCN(C)C)C(=O)OCCN(C)CC.CCC(CC(C)(C)C(=O)OCCC[Si](OC)(OC)OC)C(=O)OCC=[N+](C)CC.Cl.[Cl-].[Cl-].[Cl-]. The van der Waals surface area contributed by atoms with Gasteiger partial charge in [0.05, 0.1) is 67.0 Å². The lowest BCUT2D eigenvalue weighted by Crippen LogP contribution is -3.00. The molecule has 0 aromatic heterocycles. The van der Waals surface area contributed by atoms with Crippen LogP contribution in [0.25, 0.3) is 0 Å². The highest BCUT2D eigenvalue weighted by atomic mass is 35.5. The number of hydrogen-bond acceptors (Lipinski definition) is 26. The van der Waals surface area contributed by atoms with E-state index in [1.165, 1.54) is 20.3 Å². The van der Waals surface area contributed by atoms with E-state index in [1.54, 1.807) is 42.1 Å². The quantitative estimate of drug-likeness (QED) is 0.0173. The van der Waals surface area contributed by atoms with Crippen molar-refractivity contribution in [2.24, 2.45) is 34.0 Å². The Balaban J connectivity index is -0.000000241. The minimum atomic E-state index is -3.01. The number of likely N-dealkylation sites (N-methyl/N-ethyl adjacent to an activating group) is 2. The molecule has 109 heavy (non-hydrogen) atoms. The number of hydrogen-bond donors (Lipinski definition) is 1. The van der Waals surface area contributed by atoms with Crippen molar-refractivity contribution in [2.45, 2.75) is 205 Å². The largest absolute Gasteiger partial charge is 1.00 e. The lowest BCUT2D eigenvalue weighted by molar-refractivity contribution is -0.489. The van der Waals surface area contributed by atoms with Crippen molar-refractivity contribution in [3.05, 3.63) is 24.8 Å². The Morgan fingerprint density at radius 3 is 1.21 bits per heavy atom. The topological polar surface area (TPSA) is 299 Å². The second-order valence-electron chi connectivity index (χ2n) is 29.5. The monoisotopic (exact) mass is 1710 g/mol. The molecule has 3 atom stereocenters. The third kappa shape index (κ3) is 59.0. The molecule has 35 heteroatoms. The fourth-order valence-corrected chi connectivity index (χ4v) is 21.2. The van der Waals surface area contributed by atoms with E-state index >= 15 is 0 Å². The van der Waals surface area contributed by atoms with Crippen molar-refractivity contribution in [1.82, 2.24) is 14.7 Å². The molecule has 0 aliphatic carbocycles. The Morgan fingerprint density at radius 1 is 0.486 bits per heavy atom. The van der Waals surface area contributed by atoms with Gasteiger partial charge in [-0.3, -0.25) is 28.8 Å². The van der Waals surface area contributed by atoms with Gasteiger partial charge in [-0.15, -0.1) is 12.4 Å². The van der Waals surface area contributed by atoms with Crippen molar-refractivity contribution in [2.75, 3.05) is 163 Å². The normalized spacial score (nSPS) is 12.6. The fourth-order valence-electron chi connectivity index (χ4n) is 9.91. The predicted octanol–water partition coefficient (Wildman–Crippen LogP) is 2.10. The summed E-state index contributed by atoms with van der Waals surface area (Å²) in [7, 11) is 7.36. The first-order valence-electron chi connectivity index (χ1n) is 37.2. The maximum Gasteiger partial charge on any atom is 0.500 e. The third-order valence-electron chi connectivity index (χ3n) is 17.5. The van der Waals surface area contributed by atoms with Crippen LogP contribution in [0.2, 0.25) is 50.4 Å². The van der Waals surface area contributed by atoms with Crippen molar-refractivity contribution in [3.63, 3.8) is 0 Å². The lowest BCUT2D eigenvalue weighted by atomic mass is 9.81. The van der Waals surface area contributed by atoms with Crippen LogP contribution in [0.15, 0.2) is 24.8 Å². The summed E-state index contributed by atoms with van der Waals surface area (Å²) in [6.45, 7) is 47.1. The molecule has 0 fully saturated rings. The molecule has 0 aliphatic heterocycles. The van der Waals surface area contributed by atoms with E-state index in [2.05, 4.69) is 63.0 Å². The van der Waals surface area contributed by atoms with Crippen molar-refractivity contribution < 1.29 is 149 Å². The van der Waals surface area contributed by atoms with Crippen LogP contribution >= 0.6 is 12.4 Å². The highest BCUT2D eigenvalue weighted by Gasteiger charge is 2.41. The van der Waals surface area contributed by atoms with Gasteiger partial charge in [0.25, 0.3) is 0 Å². The highest BCUT2D eigenvalue weighted by molar-refractivity contribution is 6.84. The van der Waals surface area contributed by atoms with Gasteiger partial charge < -0.3 is 121 Å². The van der Waals surface area contributed by atoms with Gasteiger partial charge >= 0.3 is 65.4 Å². The zero-order valence-corrected chi connectivity index (χ0v) is 78.9. The first-order valence-corrected chi connectivity index (χ1v) is 47.3. The molecule has 0 saturated heterocycles. The molecule has 0 radical (unpaired) electrons. The van der Waals surface area contributed by atoms with Gasteiger partial charge in [-0.05, 0) is 199 Å². The first kappa shape index (κ1) is 121. The Labute approximate surface area is 686 Å². The molecule has 3 unspecified atom stereocenters. The van der Waals surface area contributed by atoms with Gasteiger partial charge in [0.2, 0.25) is 0 Å². The van der Waals surface area contributed by atoms with Crippen LogP contribution in [0.5, 0.6) is 0 Å². The van der Waals surface area contributed by atoms with Crippen LogP contribution in [0.3, 0.4) is 0 Å². The standard InChI is InChI=1S/C37H74N2O9Si2.C20H40NO7Si.C9H18O5Si.C8H15NO2.4ClH/c1-15-30(32(40)44-22-18-20-38(8)9)28-37(6,7)35(43)47-25-27-50(13,14)48-49(11,12)26-19-23-46-34(42)36(4,5)29-31(16-2)33(41)45-24-21-39(10)17-3;1-9-17(18(22)27-14-12-21(5)10-2)16-20(3,4)19(23)28-13-11-15-29(24-6,25-7)26-8;1-8(2)9(10)14-6-5-7-15(11,12-3)13-4;1-4-8(10)11-7-6-9(3)5-2;;;;/h30-31H,15-29H2,1-14H3;12,17H,9-11,13-16H2,1-8H3;11H,1,5-7H2,2-4H3;4H,1,5-7H2,2-3H3;4*1H/q;+1;;;;;;/p-3. The first-order chi connectivity index (χ1) is 48.8. The predicted molar refractivity (Wildman–Crippen MR) is 427 cm³/mol. The molecule has 0 amide bonds. The van der Waals surface area contributed by atoms with Crippen LogP contribution in [-0.2, 0) is 102 Å². The minimum Gasteiger partial charge on any atom is -1.00 e. The van der Waals surface area contributed by atoms with Gasteiger partial charge in [-0.2, -0.15) is 0 Å². The van der Waals surface area contributed by atoms with Gasteiger partial charge in [0, 0.05) is 78.9 Å². The Morgan fingerprint density at radius 2 is 0.844 bits per heavy atom. The Hall–Kier alpha value is -3.46. The van der Waals surface area contributed by atoms with E-state index in [1.807, 2.05) is 106 Å². The summed E-state index contributed by atoms with van der Waals surface area (Å²) in [6, 6.07) is 2.40. The van der Waals surface area contributed by atoms with Crippen molar-refractivity contribution >= 4 is 101 Å².